The van der Waals surface area contributed by atoms with E-state index in [1.54, 1.807) is 6.08 Å². The van der Waals surface area contributed by atoms with Crippen molar-refractivity contribution in [2.75, 3.05) is 19.8 Å². The van der Waals surface area contributed by atoms with Crippen LogP contribution in [0.1, 0.15) is 206 Å². The van der Waals surface area contributed by atoms with Gasteiger partial charge in [-0.2, -0.15) is 0 Å². The molecule has 2 heterocycles. The summed E-state index contributed by atoms with van der Waals surface area (Å²) < 4.78 is 22.5. The zero-order chi connectivity index (χ0) is 49.6. The van der Waals surface area contributed by atoms with Gasteiger partial charge in [0.15, 0.2) is 12.6 Å². The largest absolute Gasteiger partial charge is 0.394 e. The second kappa shape index (κ2) is 40.8. The normalized spacial score (nSPS) is 26.6. The van der Waals surface area contributed by atoms with Crippen LogP contribution in [0.3, 0.4) is 0 Å². The number of nitrogens with one attached hydrogen (secondary N) is 1. The summed E-state index contributed by atoms with van der Waals surface area (Å²) in [5.74, 6) is -0.250. The molecule has 0 aromatic carbocycles. The molecular weight excluding hydrogens is 871 g/mol. The first-order chi connectivity index (χ1) is 33.1. The first kappa shape index (κ1) is 62.3. The number of rotatable bonds is 42. The van der Waals surface area contributed by atoms with E-state index >= 15 is 0 Å². The fraction of sp³-hybridized carbons (Fsp3) is 0.870. The minimum absolute atomic E-state index is 0.250. The smallest absolute Gasteiger partial charge is 0.220 e. The van der Waals surface area contributed by atoms with Crippen LogP contribution in [-0.2, 0) is 23.7 Å². The fourth-order valence-electron chi connectivity index (χ4n) is 8.86. The van der Waals surface area contributed by atoms with Crippen molar-refractivity contribution in [1.29, 1.82) is 0 Å². The molecule has 14 nitrogen and oxygen atoms in total. The van der Waals surface area contributed by atoms with Crippen molar-refractivity contribution in [3.8, 4) is 0 Å². The van der Waals surface area contributed by atoms with Gasteiger partial charge in [-0.25, -0.2) is 0 Å². The highest BCUT2D eigenvalue weighted by molar-refractivity contribution is 5.76. The van der Waals surface area contributed by atoms with Gasteiger partial charge in [0.1, 0.15) is 48.8 Å². The van der Waals surface area contributed by atoms with E-state index in [0.29, 0.717) is 6.42 Å². The number of unbranched alkanes of at least 4 members (excludes halogenated alkanes) is 25. The summed E-state index contributed by atoms with van der Waals surface area (Å²) in [6.45, 7) is 2.55. The number of aliphatic hydroxyl groups is 8. The summed E-state index contributed by atoms with van der Waals surface area (Å²) in [5, 5.41) is 85.9. The Bertz CT molecular complexity index is 1280. The lowest BCUT2D eigenvalue weighted by atomic mass is 9.97. The number of hydrogen-bond donors (Lipinski definition) is 9. The van der Waals surface area contributed by atoms with E-state index < -0.39 is 86.8 Å². The van der Waals surface area contributed by atoms with Gasteiger partial charge in [0.05, 0.1) is 32.0 Å². The van der Waals surface area contributed by atoms with E-state index in [4.69, 9.17) is 18.9 Å². The number of hydrogen-bond acceptors (Lipinski definition) is 13. The van der Waals surface area contributed by atoms with Crippen LogP contribution in [0.15, 0.2) is 36.5 Å². The Morgan fingerprint density at radius 3 is 1.50 bits per heavy atom. The molecule has 0 bridgehead atoms. The molecule has 12 atom stereocenters. The Morgan fingerprint density at radius 2 is 1.00 bits per heavy atom. The predicted molar refractivity (Wildman–Crippen MR) is 268 cm³/mol. The second-order valence-corrected chi connectivity index (χ2v) is 19.4. The highest BCUT2D eigenvalue weighted by Gasteiger charge is 2.51. The lowest BCUT2D eigenvalue weighted by molar-refractivity contribution is -0.359. The van der Waals surface area contributed by atoms with Crippen molar-refractivity contribution in [3.63, 3.8) is 0 Å². The van der Waals surface area contributed by atoms with Gasteiger partial charge in [-0.1, -0.05) is 192 Å². The average molecular weight is 970 g/mol. The molecule has 2 saturated heterocycles. The molecule has 2 aliphatic rings. The van der Waals surface area contributed by atoms with Crippen LogP contribution in [0, 0.1) is 0 Å². The van der Waals surface area contributed by atoms with Crippen molar-refractivity contribution in [2.24, 2.45) is 0 Å². The van der Waals surface area contributed by atoms with E-state index in [0.717, 1.165) is 38.5 Å². The lowest BCUT2D eigenvalue weighted by Crippen LogP contribution is -2.65. The van der Waals surface area contributed by atoms with Crippen LogP contribution in [-0.4, -0.2) is 140 Å². The molecule has 2 fully saturated rings. The molecule has 12 unspecified atom stereocenters. The minimum Gasteiger partial charge on any atom is -0.394 e. The van der Waals surface area contributed by atoms with Crippen LogP contribution in [0.25, 0.3) is 0 Å². The van der Waals surface area contributed by atoms with E-state index in [1.165, 1.54) is 141 Å². The summed E-state index contributed by atoms with van der Waals surface area (Å²) in [6.07, 6.45) is 31.9. The molecule has 1 amide bonds. The Kier molecular flexibility index (Phi) is 37.4. The van der Waals surface area contributed by atoms with E-state index in [2.05, 4.69) is 36.5 Å². The summed E-state index contributed by atoms with van der Waals surface area (Å²) in [4.78, 5) is 13.0. The Morgan fingerprint density at radius 1 is 0.529 bits per heavy atom. The molecule has 0 saturated carbocycles. The van der Waals surface area contributed by atoms with Gasteiger partial charge in [-0.3, -0.25) is 4.79 Å². The summed E-state index contributed by atoms with van der Waals surface area (Å²) in [7, 11) is 0. The molecule has 0 radical (unpaired) electrons. The topological polar surface area (TPSA) is 228 Å². The van der Waals surface area contributed by atoms with E-state index in [-0.39, 0.29) is 18.9 Å². The zero-order valence-corrected chi connectivity index (χ0v) is 42.3. The monoisotopic (exact) mass is 970 g/mol. The molecule has 0 aromatic heterocycles. The predicted octanol–water partition coefficient (Wildman–Crippen LogP) is 7.88. The first-order valence-electron chi connectivity index (χ1n) is 27.2. The van der Waals surface area contributed by atoms with E-state index in [1.807, 2.05) is 13.0 Å². The summed E-state index contributed by atoms with van der Waals surface area (Å²) >= 11 is 0. The SMILES string of the molecule is CCC/C=C/C(O)C(COC1OC(CO)C(OC2OC(CO)C(O)C(O)C2O)C(O)C1O)NC(=O)CCCCCCCCCCCCCCCCCCCCC/C=C\C/C=C\CCCCCCC. The molecule has 14 heteroatoms. The standard InChI is InChI=1S/C54H99NO13/c1-3-5-7-8-9-10-11-12-13-14-15-16-17-18-19-20-21-22-23-24-25-26-27-28-29-30-31-32-33-34-36-38-46(59)55-42(43(58)37-35-6-4-2)41-65-53-51(64)49(62)52(45(40-57)67-53)68-54-50(63)48(61)47(60)44(39-56)66-54/h11-12,14-15,35,37,42-45,47-54,56-58,60-64H,3-10,13,16-34,36,38-41H2,1-2H3,(H,55,59)/b12-11-,15-14-,37-35+. The highest BCUT2D eigenvalue weighted by Crippen LogP contribution is 2.30. The van der Waals surface area contributed by atoms with Crippen LogP contribution in [0.5, 0.6) is 0 Å². The number of allylic oxidation sites excluding steroid dienone is 5. The third-order valence-electron chi connectivity index (χ3n) is 13.3. The number of carbonyl (C=O) groups excluding carboxylic acids is 1. The third kappa shape index (κ3) is 27.1. The summed E-state index contributed by atoms with van der Waals surface area (Å²) in [5.41, 5.74) is 0. The highest BCUT2D eigenvalue weighted by atomic mass is 16.7. The Labute approximate surface area is 411 Å². The van der Waals surface area contributed by atoms with Crippen LogP contribution in [0.2, 0.25) is 0 Å². The molecule has 68 heavy (non-hydrogen) atoms. The zero-order valence-electron chi connectivity index (χ0n) is 42.3. The maximum absolute atomic E-state index is 13.0. The molecule has 2 aliphatic heterocycles. The number of aliphatic hydroxyl groups excluding tert-OH is 8. The van der Waals surface area contributed by atoms with Crippen LogP contribution in [0.4, 0.5) is 0 Å². The van der Waals surface area contributed by atoms with Crippen LogP contribution >= 0.6 is 0 Å². The van der Waals surface area contributed by atoms with Crippen molar-refractivity contribution in [2.45, 2.75) is 280 Å². The van der Waals surface area contributed by atoms with Gasteiger partial charge in [-0.05, 0) is 44.9 Å². The molecule has 398 valence electrons. The minimum atomic E-state index is -1.78. The van der Waals surface area contributed by atoms with Crippen molar-refractivity contribution in [3.05, 3.63) is 36.5 Å². The quantitative estimate of drug-likeness (QED) is 0.0210. The molecule has 0 aliphatic carbocycles. The van der Waals surface area contributed by atoms with Gasteiger partial charge in [0, 0.05) is 6.42 Å². The number of ether oxygens (including phenoxy) is 4. The first-order valence-corrected chi connectivity index (χ1v) is 27.2. The molecule has 0 aromatic rings. The van der Waals surface area contributed by atoms with Gasteiger partial charge in [-0.15, -0.1) is 0 Å². The van der Waals surface area contributed by atoms with Crippen LogP contribution < -0.4 is 5.32 Å². The summed E-state index contributed by atoms with van der Waals surface area (Å²) in [6, 6.07) is -0.908. The fourth-order valence-corrected chi connectivity index (χ4v) is 8.86. The molecule has 0 spiro atoms. The second-order valence-electron chi connectivity index (χ2n) is 19.4. The third-order valence-corrected chi connectivity index (χ3v) is 13.3. The molecule has 9 N–H and O–H groups in total. The maximum Gasteiger partial charge on any atom is 0.220 e. The number of amides is 1. The van der Waals surface area contributed by atoms with Gasteiger partial charge >= 0.3 is 0 Å². The molecule has 2 rings (SSSR count). The van der Waals surface area contributed by atoms with Crippen molar-refractivity contribution < 1.29 is 64.6 Å². The van der Waals surface area contributed by atoms with Gasteiger partial charge in [0.25, 0.3) is 0 Å². The van der Waals surface area contributed by atoms with Gasteiger partial charge < -0.3 is 65.1 Å². The average Bonchev–Trinajstić information content (AvgIpc) is 3.33. The van der Waals surface area contributed by atoms with Gasteiger partial charge in [0.2, 0.25) is 5.91 Å². The van der Waals surface area contributed by atoms with Crippen molar-refractivity contribution in [1.82, 2.24) is 5.32 Å². The van der Waals surface area contributed by atoms with E-state index in [9.17, 15) is 45.6 Å². The molecular formula is C54H99NO13. The van der Waals surface area contributed by atoms with Crippen molar-refractivity contribution >= 4 is 5.91 Å². The Balaban J connectivity index is 1.52. The number of carbonyl (C=O) groups is 1. The Hall–Kier alpha value is -1.79. The lowest BCUT2D eigenvalue weighted by Gasteiger charge is -2.46. The maximum atomic E-state index is 13.0.